The lowest BCUT2D eigenvalue weighted by atomic mass is 10.1. The van der Waals surface area contributed by atoms with E-state index in [1.54, 1.807) is 0 Å². The van der Waals surface area contributed by atoms with Crippen LogP contribution in [-0.2, 0) is 4.79 Å². The van der Waals surface area contributed by atoms with E-state index in [0.717, 1.165) is 13.0 Å². The third-order valence-corrected chi connectivity index (χ3v) is 3.04. The molecule has 0 saturated carbocycles. The highest BCUT2D eigenvalue weighted by Crippen LogP contribution is 2.04. The molecule has 4 heteroatoms. The summed E-state index contributed by atoms with van der Waals surface area (Å²) in [4.78, 5) is 14.0. The third kappa shape index (κ3) is 6.64. The number of carbonyl (C=O) groups is 1. The van der Waals surface area contributed by atoms with Crippen LogP contribution in [-0.4, -0.2) is 42.5 Å². The minimum atomic E-state index is 0.0200. The molecule has 0 bridgehead atoms. The molecule has 1 atom stereocenters. The van der Waals surface area contributed by atoms with Gasteiger partial charge in [-0.3, -0.25) is 9.69 Å². The molecule has 0 radical (unpaired) electrons. The van der Waals surface area contributed by atoms with Crippen LogP contribution in [0.4, 0.5) is 0 Å². The Hall–Kier alpha value is -0.610. The summed E-state index contributed by atoms with van der Waals surface area (Å²) in [6, 6.07) is 1.02. The minimum Gasteiger partial charge on any atom is -0.355 e. The number of hydrogen-bond donors (Lipinski definition) is 2. The summed E-state index contributed by atoms with van der Waals surface area (Å²) in [5.74, 6) is 0.134. The van der Waals surface area contributed by atoms with Crippen LogP contribution in [0.1, 0.15) is 41.0 Å². The molecule has 3 N–H and O–H groups in total. The smallest absolute Gasteiger partial charge is 0.222 e. The molecule has 0 rings (SSSR count). The Morgan fingerprint density at radius 2 is 1.71 bits per heavy atom. The van der Waals surface area contributed by atoms with E-state index >= 15 is 0 Å². The molecule has 0 aliphatic carbocycles. The van der Waals surface area contributed by atoms with Gasteiger partial charge in [0.25, 0.3) is 0 Å². The van der Waals surface area contributed by atoms with E-state index in [4.69, 9.17) is 5.73 Å². The number of nitrogens with one attached hydrogen (secondary N) is 1. The van der Waals surface area contributed by atoms with Crippen LogP contribution in [0.3, 0.4) is 0 Å². The largest absolute Gasteiger partial charge is 0.355 e. The van der Waals surface area contributed by atoms with Crippen molar-refractivity contribution in [3.8, 4) is 0 Å². The molecule has 102 valence electrons. The highest BCUT2D eigenvalue weighted by Gasteiger charge is 2.15. The number of rotatable bonds is 8. The average molecular weight is 243 g/mol. The van der Waals surface area contributed by atoms with Crippen molar-refractivity contribution in [1.29, 1.82) is 0 Å². The van der Waals surface area contributed by atoms with Crippen LogP contribution in [0.25, 0.3) is 0 Å². The van der Waals surface area contributed by atoms with Crippen molar-refractivity contribution in [2.45, 2.75) is 53.1 Å². The molecular weight excluding hydrogens is 214 g/mol. The van der Waals surface area contributed by atoms with E-state index in [2.05, 4.69) is 37.9 Å². The van der Waals surface area contributed by atoms with Gasteiger partial charge in [0.05, 0.1) is 0 Å². The van der Waals surface area contributed by atoms with Crippen LogP contribution >= 0.6 is 0 Å². The van der Waals surface area contributed by atoms with Crippen molar-refractivity contribution in [2.24, 2.45) is 11.7 Å². The average Bonchev–Trinajstić information content (AvgIpc) is 2.23. The lowest BCUT2D eigenvalue weighted by Gasteiger charge is -2.30. The molecule has 0 saturated heterocycles. The standard InChI is InChI=1S/C13H29N3O/c1-10(2)16(11(3)4)9-8-15-13(17)12(5)6-7-14/h10-12H,6-9,14H2,1-5H3,(H,15,17). The van der Waals surface area contributed by atoms with Crippen molar-refractivity contribution in [3.05, 3.63) is 0 Å². The van der Waals surface area contributed by atoms with Crippen molar-refractivity contribution in [3.63, 3.8) is 0 Å². The fourth-order valence-electron chi connectivity index (χ4n) is 1.98. The number of nitrogens with two attached hydrogens (primary N) is 1. The zero-order valence-electron chi connectivity index (χ0n) is 12.0. The lowest BCUT2D eigenvalue weighted by Crippen LogP contribution is -2.43. The minimum absolute atomic E-state index is 0.0200. The first-order valence-electron chi connectivity index (χ1n) is 6.63. The second-order valence-corrected chi connectivity index (χ2v) is 5.19. The molecule has 0 spiro atoms. The molecule has 0 aromatic carbocycles. The molecule has 0 aliphatic heterocycles. The number of amides is 1. The van der Waals surface area contributed by atoms with Gasteiger partial charge in [0.1, 0.15) is 0 Å². The Labute approximate surface area is 106 Å². The summed E-state index contributed by atoms with van der Waals surface area (Å²) in [5, 5.41) is 2.97. The topological polar surface area (TPSA) is 58.4 Å². The van der Waals surface area contributed by atoms with Crippen molar-refractivity contribution in [1.82, 2.24) is 10.2 Å². The summed E-state index contributed by atoms with van der Waals surface area (Å²) in [5.41, 5.74) is 5.44. The summed E-state index contributed by atoms with van der Waals surface area (Å²) in [7, 11) is 0. The van der Waals surface area contributed by atoms with E-state index in [1.165, 1.54) is 0 Å². The van der Waals surface area contributed by atoms with E-state index in [-0.39, 0.29) is 11.8 Å². The summed E-state index contributed by atoms with van der Waals surface area (Å²) >= 11 is 0. The first kappa shape index (κ1) is 16.4. The van der Waals surface area contributed by atoms with E-state index < -0.39 is 0 Å². The van der Waals surface area contributed by atoms with Gasteiger partial charge in [0, 0.05) is 31.1 Å². The molecular formula is C13H29N3O. The Balaban J connectivity index is 3.92. The summed E-state index contributed by atoms with van der Waals surface area (Å²) in [6.45, 7) is 12.8. The quantitative estimate of drug-likeness (QED) is 0.673. The Bertz CT molecular complexity index is 209. The first-order valence-corrected chi connectivity index (χ1v) is 6.63. The maximum absolute atomic E-state index is 11.7. The normalized spacial score (nSPS) is 13.5. The molecule has 0 aliphatic rings. The molecule has 0 fully saturated rings. The van der Waals surface area contributed by atoms with Crippen molar-refractivity contribution < 1.29 is 4.79 Å². The Kier molecular flexibility index (Phi) is 8.17. The van der Waals surface area contributed by atoms with Crippen LogP contribution in [0.15, 0.2) is 0 Å². The van der Waals surface area contributed by atoms with Gasteiger partial charge in [0.2, 0.25) is 5.91 Å². The summed E-state index contributed by atoms with van der Waals surface area (Å²) in [6.07, 6.45) is 0.754. The van der Waals surface area contributed by atoms with Crippen LogP contribution < -0.4 is 11.1 Å². The zero-order valence-corrected chi connectivity index (χ0v) is 12.0. The number of hydrogen-bond acceptors (Lipinski definition) is 3. The first-order chi connectivity index (χ1) is 7.90. The fourth-order valence-corrected chi connectivity index (χ4v) is 1.98. The van der Waals surface area contributed by atoms with Gasteiger partial charge in [-0.25, -0.2) is 0 Å². The predicted molar refractivity (Wildman–Crippen MR) is 72.8 cm³/mol. The fraction of sp³-hybridized carbons (Fsp3) is 0.923. The SMILES string of the molecule is CC(CCN)C(=O)NCCN(C(C)C)C(C)C. The second kappa shape index (κ2) is 8.48. The zero-order chi connectivity index (χ0) is 13.4. The molecule has 1 unspecified atom stereocenters. The van der Waals surface area contributed by atoms with Gasteiger partial charge in [0.15, 0.2) is 0 Å². The van der Waals surface area contributed by atoms with Gasteiger partial charge in [-0.1, -0.05) is 6.92 Å². The van der Waals surface area contributed by atoms with Gasteiger partial charge >= 0.3 is 0 Å². The lowest BCUT2D eigenvalue weighted by molar-refractivity contribution is -0.124. The molecule has 0 aromatic rings. The molecule has 1 amide bonds. The highest BCUT2D eigenvalue weighted by atomic mass is 16.1. The van der Waals surface area contributed by atoms with Crippen LogP contribution in [0.5, 0.6) is 0 Å². The third-order valence-electron chi connectivity index (χ3n) is 3.04. The number of carbonyl (C=O) groups excluding carboxylic acids is 1. The number of nitrogens with zero attached hydrogens (tertiary/aromatic N) is 1. The van der Waals surface area contributed by atoms with Gasteiger partial charge in [-0.15, -0.1) is 0 Å². The van der Waals surface area contributed by atoms with Gasteiger partial charge in [-0.05, 0) is 40.7 Å². The molecule has 17 heavy (non-hydrogen) atoms. The highest BCUT2D eigenvalue weighted by molar-refractivity contribution is 5.78. The second-order valence-electron chi connectivity index (χ2n) is 5.19. The molecule has 0 aromatic heterocycles. The van der Waals surface area contributed by atoms with E-state index in [9.17, 15) is 4.79 Å². The van der Waals surface area contributed by atoms with Gasteiger partial charge in [-0.2, -0.15) is 0 Å². The van der Waals surface area contributed by atoms with Crippen LogP contribution in [0.2, 0.25) is 0 Å². The van der Waals surface area contributed by atoms with E-state index in [1.807, 2.05) is 6.92 Å². The van der Waals surface area contributed by atoms with Crippen molar-refractivity contribution >= 4 is 5.91 Å². The van der Waals surface area contributed by atoms with Crippen LogP contribution in [0, 0.1) is 5.92 Å². The van der Waals surface area contributed by atoms with Gasteiger partial charge < -0.3 is 11.1 Å². The predicted octanol–water partition coefficient (Wildman–Crippen LogP) is 1.21. The molecule has 4 nitrogen and oxygen atoms in total. The monoisotopic (exact) mass is 243 g/mol. The Morgan fingerprint density at radius 3 is 2.12 bits per heavy atom. The maximum atomic E-state index is 11.7. The summed E-state index contributed by atoms with van der Waals surface area (Å²) < 4.78 is 0. The molecule has 0 heterocycles. The van der Waals surface area contributed by atoms with E-state index in [0.29, 0.717) is 25.2 Å². The Morgan fingerprint density at radius 1 is 1.18 bits per heavy atom. The van der Waals surface area contributed by atoms with Crippen molar-refractivity contribution in [2.75, 3.05) is 19.6 Å². The maximum Gasteiger partial charge on any atom is 0.222 e.